The second-order valence-corrected chi connectivity index (χ2v) is 7.49. The number of alkyl halides is 4. The summed E-state index contributed by atoms with van der Waals surface area (Å²) in [6.45, 7) is 4.07. The van der Waals surface area contributed by atoms with Gasteiger partial charge in [0.15, 0.2) is 0 Å². The van der Waals surface area contributed by atoms with Gasteiger partial charge in [0, 0.05) is 5.88 Å². The van der Waals surface area contributed by atoms with Gasteiger partial charge in [-0.05, 0) is 25.3 Å². The number of hydrogen-bond acceptors (Lipinski definition) is 0. The first-order valence-electron chi connectivity index (χ1n) is 7.32. The number of hydrogen-bond donors (Lipinski definition) is 0. The van der Waals surface area contributed by atoms with Crippen LogP contribution in [0.5, 0.6) is 0 Å². The topological polar surface area (TPSA) is 0 Å². The molecule has 0 spiro atoms. The van der Waals surface area contributed by atoms with Crippen molar-refractivity contribution in [2.45, 2.75) is 44.3 Å². The molecule has 0 aliphatic heterocycles. The van der Waals surface area contributed by atoms with Gasteiger partial charge in [0.1, 0.15) is 0 Å². The van der Waals surface area contributed by atoms with E-state index >= 15 is 0 Å². The Morgan fingerprint density at radius 2 is 1.67 bits per heavy atom. The molecule has 0 fully saturated rings. The molecule has 1 aromatic carbocycles. The third-order valence-corrected chi connectivity index (χ3v) is 5.74. The highest BCUT2D eigenvalue weighted by Crippen LogP contribution is 2.28. The van der Waals surface area contributed by atoms with Crippen molar-refractivity contribution in [3.8, 4) is 0 Å². The van der Waals surface area contributed by atoms with Gasteiger partial charge in [0.25, 0.3) is 0 Å². The molecule has 0 aromatic heterocycles. The van der Waals surface area contributed by atoms with Crippen molar-refractivity contribution >= 4 is 26.3 Å². The van der Waals surface area contributed by atoms with E-state index in [1.807, 2.05) is 0 Å². The predicted octanol–water partition coefficient (Wildman–Crippen LogP) is 4.66. The molecule has 5 heteroatoms. The summed E-state index contributed by atoms with van der Waals surface area (Å²) in [5.74, 6) is 0.724. The van der Waals surface area contributed by atoms with Crippen LogP contribution in [0.4, 0.5) is 13.2 Å². The smallest absolute Gasteiger partial charge is 0.166 e. The molecular formula is C16H22ClF3Si. The summed E-state index contributed by atoms with van der Waals surface area (Å²) < 4.78 is 37.4. The van der Waals surface area contributed by atoms with Gasteiger partial charge < -0.3 is 0 Å². The molecular weight excluding hydrogens is 313 g/mol. The molecule has 1 aromatic rings. The van der Waals surface area contributed by atoms with E-state index in [0.29, 0.717) is 0 Å². The Bertz CT molecular complexity index is 426. The van der Waals surface area contributed by atoms with Crippen LogP contribution in [0.25, 0.3) is 0 Å². The third kappa shape index (κ3) is 7.72. The Morgan fingerprint density at radius 3 is 2.24 bits per heavy atom. The van der Waals surface area contributed by atoms with E-state index in [-0.39, 0.29) is 0 Å². The van der Waals surface area contributed by atoms with Crippen molar-refractivity contribution < 1.29 is 13.2 Å². The molecule has 0 atom stereocenters. The van der Waals surface area contributed by atoms with Crippen molar-refractivity contribution in [2.75, 3.05) is 5.88 Å². The van der Waals surface area contributed by atoms with Crippen LogP contribution >= 0.6 is 11.6 Å². The van der Waals surface area contributed by atoms with Crippen molar-refractivity contribution in [2.24, 2.45) is 0 Å². The predicted molar refractivity (Wildman–Crippen MR) is 87.4 cm³/mol. The molecule has 0 nitrogen and oxygen atoms in total. The van der Waals surface area contributed by atoms with Gasteiger partial charge in [-0.1, -0.05) is 47.9 Å². The van der Waals surface area contributed by atoms with Crippen LogP contribution in [0.1, 0.15) is 37.7 Å². The minimum absolute atomic E-state index is 0.551. The van der Waals surface area contributed by atoms with Crippen molar-refractivity contribution in [3.05, 3.63) is 42.0 Å². The van der Waals surface area contributed by atoms with E-state index in [0.717, 1.165) is 42.8 Å². The maximum Gasteiger partial charge on any atom is 0.416 e. The Hall–Kier alpha value is -0.743. The van der Waals surface area contributed by atoms with E-state index in [4.69, 9.17) is 11.6 Å². The van der Waals surface area contributed by atoms with Gasteiger partial charge in [0.05, 0.1) is 15.1 Å². The maximum absolute atomic E-state index is 12.5. The second kappa shape index (κ2) is 9.31. The van der Waals surface area contributed by atoms with Gasteiger partial charge >= 0.3 is 6.18 Å². The summed E-state index contributed by atoms with van der Waals surface area (Å²) in [4.78, 5) is 0. The molecule has 118 valence electrons. The van der Waals surface area contributed by atoms with Crippen LogP contribution in [-0.4, -0.2) is 15.4 Å². The summed E-state index contributed by atoms with van der Waals surface area (Å²) in [5, 5.41) is 1.06. The van der Waals surface area contributed by atoms with Crippen LogP contribution < -0.4 is 5.19 Å². The van der Waals surface area contributed by atoms with Crippen molar-refractivity contribution in [1.82, 2.24) is 0 Å². The number of allylic oxidation sites excluding steroid dienone is 1. The molecule has 0 radical (unpaired) electrons. The first-order chi connectivity index (χ1) is 9.93. The van der Waals surface area contributed by atoms with E-state index in [1.54, 1.807) is 12.1 Å². The fourth-order valence-corrected chi connectivity index (χ4v) is 3.78. The lowest BCUT2D eigenvalue weighted by Gasteiger charge is -2.08. The van der Waals surface area contributed by atoms with Crippen LogP contribution in [0, 0.1) is 0 Å². The van der Waals surface area contributed by atoms with Crippen LogP contribution in [0.2, 0.25) is 6.04 Å². The average molecular weight is 335 g/mol. The lowest BCUT2D eigenvalue weighted by molar-refractivity contribution is -0.137. The minimum atomic E-state index is -4.24. The first-order valence-corrected chi connectivity index (χ1v) is 9.56. The molecule has 0 unspecified atom stereocenters. The molecule has 0 amide bonds. The van der Waals surface area contributed by atoms with Gasteiger partial charge in [-0.25, -0.2) is 0 Å². The zero-order valence-electron chi connectivity index (χ0n) is 12.2. The van der Waals surface area contributed by atoms with Gasteiger partial charge in [-0.15, -0.1) is 18.2 Å². The molecule has 1 rings (SSSR count). The lowest BCUT2D eigenvalue weighted by atomic mass is 10.1. The van der Waals surface area contributed by atoms with Gasteiger partial charge in [-0.2, -0.15) is 13.2 Å². The fraction of sp³-hybridized carbons (Fsp3) is 0.500. The van der Waals surface area contributed by atoms with E-state index in [9.17, 15) is 13.2 Å². The molecule has 21 heavy (non-hydrogen) atoms. The van der Waals surface area contributed by atoms with Crippen LogP contribution in [0.15, 0.2) is 36.4 Å². The Morgan fingerprint density at radius 1 is 1.05 bits per heavy atom. The Balaban J connectivity index is 2.27. The first kappa shape index (κ1) is 18.3. The van der Waals surface area contributed by atoms with E-state index in [1.165, 1.54) is 24.1 Å². The zero-order valence-corrected chi connectivity index (χ0v) is 14.4. The van der Waals surface area contributed by atoms with Gasteiger partial charge in [-0.3, -0.25) is 0 Å². The number of benzene rings is 1. The maximum atomic E-state index is 12.5. The highest BCUT2D eigenvalue weighted by atomic mass is 35.5. The summed E-state index contributed by atoms with van der Waals surface area (Å²) in [6.07, 6.45) is 1.31. The quantitative estimate of drug-likeness (QED) is 0.266. The highest BCUT2D eigenvalue weighted by Gasteiger charge is 2.29. The molecule has 0 bridgehead atoms. The molecule has 0 aliphatic carbocycles. The van der Waals surface area contributed by atoms with E-state index in [2.05, 4.69) is 6.58 Å². The van der Waals surface area contributed by atoms with Crippen molar-refractivity contribution in [3.63, 3.8) is 0 Å². The van der Waals surface area contributed by atoms with Crippen molar-refractivity contribution in [1.29, 1.82) is 0 Å². The number of halogens is 4. The van der Waals surface area contributed by atoms with E-state index < -0.39 is 21.3 Å². The molecule has 0 N–H and O–H groups in total. The highest BCUT2D eigenvalue weighted by molar-refractivity contribution is 6.54. The lowest BCUT2D eigenvalue weighted by Crippen LogP contribution is -2.15. The summed E-state index contributed by atoms with van der Waals surface area (Å²) in [7, 11) is -0.551. The Kier molecular flexibility index (Phi) is 8.12. The van der Waals surface area contributed by atoms with Crippen LogP contribution in [0.3, 0.4) is 0 Å². The van der Waals surface area contributed by atoms with Gasteiger partial charge in [0.2, 0.25) is 0 Å². The largest absolute Gasteiger partial charge is 0.416 e. The summed E-state index contributed by atoms with van der Waals surface area (Å²) in [6, 6.07) is 6.56. The number of rotatable bonds is 9. The minimum Gasteiger partial charge on any atom is -0.166 e. The monoisotopic (exact) mass is 334 g/mol. The normalized spacial score (nSPS) is 12.2. The second-order valence-electron chi connectivity index (χ2n) is 5.30. The molecule has 0 saturated carbocycles. The SMILES string of the molecule is C=C(CCCCCCCl)C[SiH2]c1ccc(C(F)(F)F)cc1. The fourth-order valence-electron chi connectivity index (χ4n) is 2.13. The van der Waals surface area contributed by atoms with Crippen LogP contribution in [-0.2, 0) is 6.18 Å². The Labute approximate surface area is 132 Å². The molecule has 0 heterocycles. The average Bonchev–Trinajstić information content (AvgIpc) is 2.44. The molecule has 0 aliphatic rings. The summed E-state index contributed by atoms with van der Waals surface area (Å²) in [5.41, 5.74) is 0.658. The number of unbranched alkanes of at least 4 members (excludes halogenated alkanes) is 3. The zero-order chi connectivity index (χ0) is 15.7. The molecule has 0 saturated heterocycles. The standard InChI is InChI=1S/C16H22ClF3Si/c1-13(6-4-2-3-5-11-17)12-21-15-9-7-14(8-10-15)16(18,19)20/h7-10H,1-6,11-12,21H2. The third-order valence-electron chi connectivity index (χ3n) is 3.46. The summed E-state index contributed by atoms with van der Waals surface area (Å²) >= 11 is 5.62.